The third-order valence-corrected chi connectivity index (χ3v) is 6.41. The van der Waals surface area contributed by atoms with Crippen LogP contribution in [-0.4, -0.2) is 0 Å². The summed E-state index contributed by atoms with van der Waals surface area (Å²) in [7, 11) is 6.42. The van der Waals surface area contributed by atoms with E-state index in [1.165, 1.54) is 8.57 Å². The van der Waals surface area contributed by atoms with Crippen molar-refractivity contribution in [1.29, 1.82) is 0 Å². The van der Waals surface area contributed by atoms with Gasteiger partial charge in [-0.3, -0.25) is 0 Å². The molecule has 12 heavy (non-hydrogen) atoms. The molecule has 62 valence electrons. The van der Waals surface area contributed by atoms with Crippen LogP contribution in [0.3, 0.4) is 0 Å². The molecule has 0 nitrogen and oxygen atoms in total. The second-order valence-electron chi connectivity index (χ2n) is 2.86. The molecular weight excluding hydrogens is 207 g/mol. The number of hydrogen-bond acceptors (Lipinski definition) is 0. The van der Waals surface area contributed by atoms with Gasteiger partial charge in [0.2, 0.25) is 0 Å². The van der Waals surface area contributed by atoms with Crippen molar-refractivity contribution in [3.05, 3.63) is 45.0 Å². The van der Waals surface area contributed by atoms with Crippen LogP contribution >= 0.6 is 9.85 Å². The molecule has 0 aliphatic heterocycles. The Hall–Kier alpha value is -0.166. The van der Waals surface area contributed by atoms with Crippen molar-refractivity contribution in [2.45, 2.75) is 12.8 Å². The Balaban J connectivity index is 2.05. The second kappa shape index (κ2) is 3.70. The van der Waals surface area contributed by atoms with E-state index >= 15 is 0 Å². The molecule has 0 radical (unpaired) electrons. The normalized spacial score (nSPS) is 20.5. The van der Waals surface area contributed by atoms with Crippen LogP contribution in [-0.2, 0) is 14.2 Å². The van der Waals surface area contributed by atoms with Crippen molar-refractivity contribution in [2.75, 3.05) is 0 Å². The molecule has 2 rings (SSSR count). The van der Waals surface area contributed by atoms with Gasteiger partial charge >= 0.3 is 81.9 Å². The minimum atomic E-state index is -1.31. The van der Waals surface area contributed by atoms with Crippen LogP contribution in [0.1, 0.15) is 12.8 Å². The molecule has 0 bridgehead atoms. The molecular formula is C10H10ClV. The fraction of sp³-hybridized carbons (Fsp3) is 0.200. The van der Waals surface area contributed by atoms with Crippen molar-refractivity contribution >= 4 is 9.85 Å². The van der Waals surface area contributed by atoms with Gasteiger partial charge in [0.1, 0.15) is 0 Å². The molecule has 0 atom stereocenters. The molecule has 0 aromatic rings. The molecule has 0 aromatic heterocycles. The zero-order chi connectivity index (χ0) is 8.39. The SMILES string of the molecule is [Cl][V]([C]1=CC=CC1)[C]1=CC=CC1. The fourth-order valence-electron chi connectivity index (χ4n) is 1.35. The van der Waals surface area contributed by atoms with Gasteiger partial charge in [0, 0.05) is 0 Å². The van der Waals surface area contributed by atoms with E-state index in [2.05, 4.69) is 36.5 Å². The van der Waals surface area contributed by atoms with Crippen molar-refractivity contribution in [1.82, 2.24) is 0 Å². The van der Waals surface area contributed by atoms with Crippen molar-refractivity contribution < 1.29 is 14.2 Å². The van der Waals surface area contributed by atoms with Crippen LogP contribution < -0.4 is 0 Å². The zero-order valence-corrected chi connectivity index (χ0v) is 8.86. The van der Waals surface area contributed by atoms with Gasteiger partial charge in [0.25, 0.3) is 0 Å². The molecule has 0 amide bonds. The Labute approximate surface area is 81.9 Å². The molecule has 0 aromatic carbocycles. The maximum atomic E-state index is 6.42. The molecule has 0 saturated heterocycles. The van der Waals surface area contributed by atoms with Gasteiger partial charge < -0.3 is 0 Å². The summed E-state index contributed by atoms with van der Waals surface area (Å²) >= 11 is -1.31. The van der Waals surface area contributed by atoms with Crippen LogP contribution in [0.15, 0.2) is 45.0 Å². The molecule has 0 saturated carbocycles. The van der Waals surface area contributed by atoms with Gasteiger partial charge in [-0.15, -0.1) is 0 Å². The molecule has 0 heterocycles. The maximum absolute atomic E-state index is 6.42. The van der Waals surface area contributed by atoms with Gasteiger partial charge in [-0.2, -0.15) is 0 Å². The van der Waals surface area contributed by atoms with Crippen molar-refractivity contribution in [3.8, 4) is 0 Å². The molecule has 2 aliphatic carbocycles. The van der Waals surface area contributed by atoms with Crippen LogP contribution in [0.2, 0.25) is 0 Å². The molecule has 0 fully saturated rings. The van der Waals surface area contributed by atoms with Gasteiger partial charge in [-0.25, -0.2) is 0 Å². The first-order valence-corrected chi connectivity index (χ1v) is 7.37. The summed E-state index contributed by atoms with van der Waals surface area (Å²) in [4.78, 5) is 0. The van der Waals surface area contributed by atoms with E-state index < -0.39 is 14.2 Å². The van der Waals surface area contributed by atoms with E-state index in [9.17, 15) is 0 Å². The summed E-state index contributed by atoms with van der Waals surface area (Å²) in [6, 6.07) is 0. The number of allylic oxidation sites excluding steroid dienone is 8. The van der Waals surface area contributed by atoms with Crippen LogP contribution in [0, 0.1) is 0 Å². The number of hydrogen-bond donors (Lipinski definition) is 0. The average molecular weight is 217 g/mol. The van der Waals surface area contributed by atoms with Gasteiger partial charge in [-0.1, -0.05) is 0 Å². The number of halogens is 1. The summed E-state index contributed by atoms with van der Waals surface area (Å²) < 4.78 is 2.94. The van der Waals surface area contributed by atoms with Gasteiger partial charge in [-0.05, 0) is 0 Å². The summed E-state index contributed by atoms with van der Waals surface area (Å²) in [5, 5.41) is 0. The molecule has 2 aliphatic rings. The Morgan fingerprint density at radius 1 is 1.00 bits per heavy atom. The third kappa shape index (κ3) is 1.61. The van der Waals surface area contributed by atoms with Crippen LogP contribution in [0.5, 0.6) is 0 Å². The Bertz CT molecular complexity index is 267. The van der Waals surface area contributed by atoms with E-state index in [0.29, 0.717) is 0 Å². The molecule has 0 N–H and O–H groups in total. The van der Waals surface area contributed by atoms with E-state index in [0.717, 1.165) is 12.8 Å². The molecule has 2 heteroatoms. The van der Waals surface area contributed by atoms with E-state index in [1.807, 2.05) is 0 Å². The van der Waals surface area contributed by atoms with Gasteiger partial charge in [0.15, 0.2) is 0 Å². The standard InChI is InChI=1S/2C5H5.ClH.V/c2*1-2-4-5-3-1;;/h2*1-3H,4H2;1H;/q;;;+1/p-1. The van der Waals surface area contributed by atoms with Crippen molar-refractivity contribution in [2.24, 2.45) is 0 Å². The van der Waals surface area contributed by atoms with E-state index in [-0.39, 0.29) is 0 Å². The number of rotatable bonds is 2. The average Bonchev–Trinajstić information content (AvgIpc) is 2.77. The first-order valence-electron chi connectivity index (χ1n) is 4.05. The van der Waals surface area contributed by atoms with Crippen LogP contribution in [0.4, 0.5) is 0 Å². The first kappa shape index (κ1) is 8.43. The first-order chi connectivity index (χ1) is 5.88. The van der Waals surface area contributed by atoms with Crippen molar-refractivity contribution in [3.63, 3.8) is 0 Å². The second-order valence-corrected chi connectivity index (χ2v) is 6.93. The summed E-state index contributed by atoms with van der Waals surface area (Å²) in [6.07, 6.45) is 15.1. The summed E-state index contributed by atoms with van der Waals surface area (Å²) in [5.74, 6) is 0. The van der Waals surface area contributed by atoms with E-state index in [4.69, 9.17) is 9.85 Å². The zero-order valence-electron chi connectivity index (χ0n) is 6.70. The molecule has 0 unspecified atom stereocenters. The molecule has 0 spiro atoms. The van der Waals surface area contributed by atoms with Gasteiger partial charge in [0.05, 0.1) is 0 Å². The predicted octanol–water partition coefficient (Wildman–Crippen LogP) is 3.45. The fourth-order valence-corrected chi connectivity index (χ4v) is 4.46. The Kier molecular flexibility index (Phi) is 2.60. The topological polar surface area (TPSA) is 0 Å². The monoisotopic (exact) mass is 216 g/mol. The summed E-state index contributed by atoms with van der Waals surface area (Å²) in [6.45, 7) is 0. The summed E-state index contributed by atoms with van der Waals surface area (Å²) in [5.41, 5.74) is 0. The third-order valence-electron chi connectivity index (χ3n) is 2.01. The Morgan fingerprint density at radius 3 is 1.83 bits per heavy atom. The minimum absolute atomic E-state index is 1.08. The quantitative estimate of drug-likeness (QED) is 0.663. The predicted molar refractivity (Wildman–Crippen MR) is 49.5 cm³/mol. The van der Waals surface area contributed by atoms with Crippen LogP contribution in [0.25, 0.3) is 0 Å². The Morgan fingerprint density at radius 2 is 1.50 bits per heavy atom. The van der Waals surface area contributed by atoms with E-state index in [1.54, 1.807) is 0 Å².